The van der Waals surface area contributed by atoms with Crippen LogP contribution >= 0.6 is 11.3 Å². The molecule has 1 aliphatic heterocycles. The summed E-state index contributed by atoms with van der Waals surface area (Å²) in [5.74, 6) is -0.451. The smallest absolute Gasteiger partial charge is 0.338 e. The van der Waals surface area contributed by atoms with Crippen molar-refractivity contribution in [3.8, 4) is 10.6 Å². The molecular formula is C21H20N2O4S2. The van der Waals surface area contributed by atoms with Crippen molar-refractivity contribution in [2.75, 3.05) is 10.6 Å². The van der Waals surface area contributed by atoms with Crippen molar-refractivity contribution in [1.82, 2.24) is 4.98 Å². The number of benzene rings is 2. The molecule has 4 rings (SSSR count). The molecule has 150 valence electrons. The van der Waals surface area contributed by atoms with E-state index in [1.807, 2.05) is 42.6 Å². The van der Waals surface area contributed by atoms with Crippen LogP contribution in [-0.4, -0.2) is 31.7 Å². The van der Waals surface area contributed by atoms with Crippen molar-refractivity contribution < 1.29 is 17.9 Å². The molecule has 29 heavy (non-hydrogen) atoms. The zero-order chi connectivity index (χ0) is 20.6. The number of rotatable bonds is 5. The second kappa shape index (κ2) is 7.61. The molecule has 0 amide bonds. The molecule has 0 saturated carbocycles. The number of ether oxygens (including phenoxy) is 1. The largest absolute Gasteiger partial charge is 0.456 e. The minimum absolute atomic E-state index is 0.0884. The molecule has 1 atom stereocenters. The number of esters is 1. The van der Waals surface area contributed by atoms with E-state index in [1.54, 1.807) is 18.2 Å². The Morgan fingerprint density at radius 2 is 2.00 bits per heavy atom. The second-order valence-corrected chi connectivity index (χ2v) is 9.76. The number of anilines is 1. The number of aromatic nitrogens is 1. The predicted octanol–water partition coefficient (Wildman–Crippen LogP) is 3.88. The lowest BCUT2D eigenvalue weighted by molar-refractivity contribution is 0.0468. The van der Waals surface area contributed by atoms with Gasteiger partial charge in [-0.1, -0.05) is 30.3 Å². The molecule has 1 unspecified atom stereocenters. The lowest BCUT2D eigenvalue weighted by Gasteiger charge is -2.21. The Hall–Kier alpha value is -2.71. The van der Waals surface area contributed by atoms with E-state index in [-0.39, 0.29) is 12.6 Å². The number of sulfonamides is 1. The first-order valence-corrected chi connectivity index (χ1v) is 11.8. The molecule has 0 saturated heterocycles. The van der Waals surface area contributed by atoms with Crippen LogP contribution in [0.15, 0.2) is 53.9 Å². The van der Waals surface area contributed by atoms with E-state index in [1.165, 1.54) is 21.9 Å². The fourth-order valence-corrected chi connectivity index (χ4v) is 5.62. The van der Waals surface area contributed by atoms with Gasteiger partial charge in [-0.15, -0.1) is 11.3 Å². The van der Waals surface area contributed by atoms with Crippen LogP contribution in [0.25, 0.3) is 10.6 Å². The highest BCUT2D eigenvalue weighted by atomic mass is 32.2. The van der Waals surface area contributed by atoms with Crippen LogP contribution in [0, 0.1) is 0 Å². The molecule has 0 spiro atoms. The maximum atomic E-state index is 12.5. The third kappa shape index (κ3) is 4.04. The van der Waals surface area contributed by atoms with Gasteiger partial charge in [0.15, 0.2) is 0 Å². The maximum absolute atomic E-state index is 12.5. The van der Waals surface area contributed by atoms with E-state index < -0.39 is 16.0 Å². The quantitative estimate of drug-likeness (QED) is 0.577. The van der Waals surface area contributed by atoms with Gasteiger partial charge in [0, 0.05) is 17.0 Å². The third-order valence-corrected chi connectivity index (χ3v) is 6.96. The van der Waals surface area contributed by atoms with Crippen molar-refractivity contribution in [2.45, 2.75) is 26.0 Å². The van der Waals surface area contributed by atoms with Crippen molar-refractivity contribution in [3.05, 3.63) is 70.7 Å². The summed E-state index contributed by atoms with van der Waals surface area (Å²) in [7, 11) is -3.36. The van der Waals surface area contributed by atoms with Crippen LogP contribution in [0.2, 0.25) is 0 Å². The van der Waals surface area contributed by atoms with E-state index in [2.05, 4.69) is 4.98 Å². The summed E-state index contributed by atoms with van der Waals surface area (Å²) >= 11 is 1.50. The Morgan fingerprint density at radius 1 is 1.24 bits per heavy atom. The predicted molar refractivity (Wildman–Crippen MR) is 114 cm³/mol. The lowest BCUT2D eigenvalue weighted by Crippen LogP contribution is -2.34. The molecular weight excluding hydrogens is 408 g/mol. The SMILES string of the molecule is CC1Cc2cc(C(=O)OCc3csc(-c4ccccc4)n3)ccc2N1S(C)(=O)=O. The summed E-state index contributed by atoms with van der Waals surface area (Å²) in [6.07, 6.45) is 1.76. The zero-order valence-corrected chi connectivity index (χ0v) is 17.7. The standard InChI is InChI=1S/C21H20N2O4S2/c1-14-10-17-11-16(8-9-19(17)23(14)29(2,25)26)21(24)27-12-18-13-28-20(22-18)15-6-4-3-5-7-15/h3-9,11,13-14H,10,12H2,1-2H3. The monoisotopic (exact) mass is 428 g/mol. The van der Waals surface area contributed by atoms with Crippen LogP contribution in [0.1, 0.15) is 28.5 Å². The van der Waals surface area contributed by atoms with Gasteiger partial charge < -0.3 is 4.74 Å². The second-order valence-electron chi connectivity index (χ2n) is 7.04. The van der Waals surface area contributed by atoms with E-state index >= 15 is 0 Å². The number of hydrogen-bond donors (Lipinski definition) is 0. The molecule has 2 heterocycles. The van der Waals surface area contributed by atoms with Gasteiger partial charge in [0.1, 0.15) is 11.6 Å². The Kier molecular flexibility index (Phi) is 5.14. The number of nitrogens with zero attached hydrogens (tertiary/aromatic N) is 2. The highest BCUT2D eigenvalue weighted by Crippen LogP contribution is 2.35. The molecule has 1 aromatic heterocycles. The van der Waals surface area contributed by atoms with Gasteiger partial charge in [0.05, 0.1) is 23.2 Å². The van der Waals surface area contributed by atoms with E-state index in [9.17, 15) is 13.2 Å². The Labute approximate surface area is 173 Å². The molecule has 0 bridgehead atoms. The van der Waals surface area contributed by atoms with Gasteiger partial charge in [0.25, 0.3) is 0 Å². The summed E-state index contributed by atoms with van der Waals surface area (Å²) in [6, 6.07) is 14.7. The van der Waals surface area contributed by atoms with Crippen LogP contribution in [0.5, 0.6) is 0 Å². The van der Waals surface area contributed by atoms with Crippen LogP contribution in [0.3, 0.4) is 0 Å². The van der Waals surface area contributed by atoms with Gasteiger partial charge in [-0.25, -0.2) is 18.2 Å². The van der Waals surface area contributed by atoms with Gasteiger partial charge in [0.2, 0.25) is 10.0 Å². The Bertz CT molecular complexity index is 1160. The fourth-order valence-electron chi connectivity index (χ4n) is 3.54. The number of carbonyl (C=O) groups excluding carboxylic acids is 1. The van der Waals surface area contributed by atoms with Crippen molar-refractivity contribution in [3.63, 3.8) is 0 Å². The first-order chi connectivity index (χ1) is 13.8. The molecule has 8 heteroatoms. The Balaban J connectivity index is 1.45. The average Bonchev–Trinajstić information content (AvgIpc) is 3.29. The average molecular weight is 429 g/mol. The summed E-state index contributed by atoms with van der Waals surface area (Å²) in [5, 5.41) is 2.76. The Morgan fingerprint density at radius 3 is 2.72 bits per heavy atom. The minimum atomic E-state index is -3.36. The molecule has 0 aliphatic carbocycles. The molecule has 6 nitrogen and oxygen atoms in total. The van der Waals surface area contributed by atoms with Gasteiger partial charge >= 0.3 is 5.97 Å². The van der Waals surface area contributed by atoms with Crippen LogP contribution < -0.4 is 4.31 Å². The summed E-state index contributed by atoms with van der Waals surface area (Å²) < 4.78 is 30.9. The minimum Gasteiger partial charge on any atom is -0.456 e. The number of fused-ring (bicyclic) bond motifs is 1. The summed E-state index contributed by atoms with van der Waals surface area (Å²) in [6.45, 7) is 1.94. The van der Waals surface area contributed by atoms with E-state index in [0.717, 1.165) is 16.1 Å². The molecule has 2 aromatic carbocycles. The van der Waals surface area contributed by atoms with Crippen molar-refractivity contribution in [2.24, 2.45) is 0 Å². The lowest BCUT2D eigenvalue weighted by atomic mass is 10.1. The number of carbonyl (C=O) groups is 1. The van der Waals surface area contributed by atoms with Gasteiger partial charge in [-0.2, -0.15) is 0 Å². The van der Waals surface area contributed by atoms with Crippen molar-refractivity contribution in [1.29, 1.82) is 0 Å². The fraction of sp³-hybridized carbons (Fsp3) is 0.238. The highest BCUT2D eigenvalue weighted by Gasteiger charge is 2.32. The molecule has 0 N–H and O–H groups in total. The van der Waals surface area contributed by atoms with Crippen LogP contribution in [-0.2, 0) is 27.8 Å². The van der Waals surface area contributed by atoms with Crippen LogP contribution in [0.4, 0.5) is 5.69 Å². The summed E-state index contributed by atoms with van der Waals surface area (Å²) in [5.41, 5.74) is 3.59. The molecule has 0 radical (unpaired) electrons. The van der Waals surface area contributed by atoms with Gasteiger partial charge in [-0.05, 0) is 37.1 Å². The first kappa shape index (κ1) is 19.6. The topological polar surface area (TPSA) is 76.6 Å². The maximum Gasteiger partial charge on any atom is 0.338 e. The highest BCUT2D eigenvalue weighted by molar-refractivity contribution is 7.92. The normalized spacial score (nSPS) is 15.9. The molecule has 0 fully saturated rings. The number of hydrogen-bond acceptors (Lipinski definition) is 6. The zero-order valence-electron chi connectivity index (χ0n) is 16.0. The van der Waals surface area contributed by atoms with E-state index in [0.29, 0.717) is 23.4 Å². The van der Waals surface area contributed by atoms with Crippen molar-refractivity contribution >= 4 is 33.0 Å². The summed E-state index contributed by atoms with van der Waals surface area (Å²) in [4.78, 5) is 17.0. The number of thiazole rings is 1. The van der Waals surface area contributed by atoms with Gasteiger partial charge in [-0.3, -0.25) is 4.31 Å². The molecule has 1 aliphatic rings. The van der Waals surface area contributed by atoms with E-state index in [4.69, 9.17) is 4.74 Å². The first-order valence-electron chi connectivity index (χ1n) is 9.12. The molecule has 3 aromatic rings. The third-order valence-electron chi connectivity index (χ3n) is 4.75.